The van der Waals surface area contributed by atoms with Gasteiger partial charge >= 0.3 is 5.97 Å². The molecular weight excluding hydrogens is 593 g/mol. The standard InChI is InChI=1S/C30H44N4O5S3/c1-5-7-8-9-10-14-26(36)40-16-12-11-13-22-17-24(35)31-18-25-32-23(19-41-25)27-33-30(4,20-42-27)29(38)34(15-6-2)21(3)28(37)39-22/h11,13,19,21-22H,5-10,12,14-18,20H2,1-4H3,(H,31,35)/b13-11+/t21-,22+,30-/m0/s1. The van der Waals surface area contributed by atoms with Crippen LogP contribution in [-0.4, -0.2) is 73.6 Å². The van der Waals surface area contributed by atoms with Crippen LogP contribution in [0.5, 0.6) is 0 Å². The average Bonchev–Trinajstić information content (AvgIpc) is 3.60. The highest BCUT2D eigenvalue weighted by molar-refractivity contribution is 8.14. The van der Waals surface area contributed by atoms with Crippen LogP contribution in [0, 0.1) is 0 Å². The van der Waals surface area contributed by atoms with E-state index in [4.69, 9.17) is 9.73 Å². The lowest BCUT2D eigenvalue weighted by molar-refractivity contribution is -0.159. The zero-order valence-corrected chi connectivity index (χ0v) is 27.6. The molecule has 232 valence electrons. The molecule has 12 heteroatoms. The molecule has 2 aliphatic heterocycles. The van der Waals surface area contributed by atoms with Gasteiger partial charge in [0.25, 0.3) is 5.91 Å². The highest BCUT2D eigenvalue weighted by Gasteiger charge is 2.44. The zero-order valence-electron chi connectivity index (χ0n) is 25.2. The highest BCUT2D eigenvalue weighted by Crippen LogP contribution is 2.33. The third-order valence-corrected chi connectivity index (χ3v) is 10.2. The van der Waals surface area contributed by atoms with Crippen LogP contribution in [0.1, 0.15) is 96.2 Å². The van der Waals surface area contributed by atoms with Gasteiger partial charge < -0.3 is 15.0 Å². The third-order valence-electron chi connectivity index (χ3n) is 7.08. The van der Waals surface area contributed by atoms with E-state index in [1.165, 1.54) is 54.1 Å². The molecule has 0 aromatic carbocycles. The van der Waals surface area contributed by atoms with Gasteiger partial charge in [-0.2, -0.15) is 0 Å². The summed E-state index contributed by atoms with van der Waals surface area (Å²) in [4.78, 5) is 63.0. The van der Waals surface area contributed by atoms with Crippen molar-refractivity contribution in [1.29, 1.82) is 0 Å². The Morgan fingerprint density at radius 3 is 2.76 bits per heavy atom. The second-order valence-corrected chi connectivity index (χ2v) is 13.9. The average molecular weight is 637 g/mol. The van der Waals surface area contributed by atoms with Crippen LogP contribution in [0.2, 0.25) is 0 Å². The summed E-state index contributed by atoms with van der Waals surface area (Å²) < 4.78 is 5.80. The summed E-state index contributed by atoms with van der Waals surface area (Å²) in [5.41, 5.74) is -0.316. The number of unbranched alkanes of at least 4 members (excludes halogenated alkanes) is 4. The monoisotopic (exact) mass is 636 g/mol. The molecule has 0 unspecified atom stereocenters. The Bertz CT molecular complexity index is 1150. The molecule has 0 saturated heterocycles. The number of thioether (sulfide) groups is 2. The van der Waals surface area contributed by atoms with Crippen molar-refractivity contribution in [1.82, 2.24) is 15.2 Å². The number of carbonyl (C=O) groups excluding carboxylic acids is 4. The molecule has 42 heavy (non-hydrogen) atoms. The van der Waals surface area contributed by atoms with E-state index in [1.807, 2.05) is 18.4 Å². The Hall–Kier alpha value is -2.18. The van der Waals surface area contributed by atoms with E-state index < -0.39 is 23.7 Å². The number of amides is 2. The van der Waals surface area contributed by atoms with E-state index in [1.54, 1.807) is 24.8 Å². The summed E-state index contributed by atoms with van der Waals surface area (Å²) in [6.45, 7) is 8.21. The number of hydrogen-bond acceptors (Lipinski definition) is 10. The van der Waals surface area contributed by atoms with E-state index in [2.05, 4.69) is 17.2 Å². The van der Waals surface area contributed by atoms with Crippen molar-refractivity contribution < 1.29 is 23.9 Å². The number of cyclic esters (lactones) is 1. The second kappa shape index (κ2) is 17.2. The molecule has 3 heterocycles. The van der Waals surface area contributed by atoms with Gasteiger partial charge in [0.15, 0.2) is 5.12 Å². The molecule has 0 aliphatic carbocycles. The van der Waals surface area contributed by atoms with Crippen molar-refractivity contribution in [3.8, 4) is 0 Å². The first-order valence-corrected chi connectivity index (χ1v) is 17.8. The molecule has 1 aromatic heterocycles. The minimum absolute atomic E-state index is 0.0565. The van der Waals surface area contributed by atoms with Gasteiger partial charge in [-0.05, 0) is 39.2 Å². The molecule has 3 rings (SSSR count). The molecule has 2 aliphatic rings. The number of nitrogens with one attached hydrogen (secondary N) is 1. The molecule has 3 atom stereocenters. The van der Waals surface area contributed by atoms with Crippen LogP contribution < -0.4 is 5.32 Å². The molecule has 2 amide bonds. The van der Waals surface area contributed by atoms with Crippen molar-refractivity contribution in [2.24, 2.45) is 4.99 Å². The molecule has 4 bridgehead atoms. The van der Waals surface area contributed by atoms with E-state index in [9.17, 15) is 19.2 Å². The number of nitrogens with zero attached hydrogens (tertiary/aromatic N) is 3. The van der Waals surface area contributed by atoms with Gasteiger partial charge in [0.05, 0.1) is 13.0 Å². The van der Waals surface area contributed by atoms with Crippen molar-refractivity contribution in [2.75, 3.05) is 18.1 Å². The maximum Gasteiger partial charge on any atom is 0.329 e. The molecule has 0 spiro atoms. The third kappa shape index (κ3) is 10.2. The molecule has 1 aromatic rings. The van der Waals surface area contributed by atoms with Crippen molar-refractivity contribution in [2.45, 2.75) is 110 Å². The first kappa shape index (κ1) is 34.3. The number of aliphatic imine (C=N–C) groups is 1. The number of esters is 1. The van der Waals surface area contributed by atoms with Crippen LogP contribution >= 0.6 is 34.9 Å². The van der Waals surface area contributed by atoms with Gasteiger partial charge in [-0.3, -0.25) is 19.4 Å². The Balaban J connectivity index is 1.69. The predicted molar refractivity (Wildman–Crippen MR) is 172 cm³/mol. The number of hydrogen-bond donors (Lipinski definition) is 1. The number of thiazole rings is 1. The van der Waals surface area contributed by atoms with Crippen LogP contribution in [0.3, 0.4) is 0 Å². The first-order valence-electron chi connectivity index (χ1n) is 14.9. The largest absolute Gasteiger partial charge is 0.456 e. The topological polar surface area (TPSA) is 118 Å². The van der Waals surface area contributed by atoms with Crippen LogP contribution in [0.25, 0.3) is 0 Å². The number of ether oxygens (including phenoxy) is 1. The SMILES string of the molecule is CCCCCCCC(=O)SCC/C=C/[C@@H]1CC(=O)NCc2nc(cs2)C2=N[C@@](C)(CS2)C(=O)N(CCC)[C@@H](C)C(=O)O1. The molecule has 1 N–H and O–H groups in total. The van der Waals surface area contributed by atoms with Gasteiger partial charge in [-0.15, -0.1) is 23.1 Å². The fourth-order valence-corrected chi connectivity index (χ4v) is 7.32. The normalized spacial score (nSPS) is 23.7. The molecule has 0 fully saturated rings. The smallest absolute Gasteiger partial charge is 0.329 e. The first-order chi connectivity index (χ1) is 20.2. The van der Waals surface area contributed by atoms with Gasteiger partial charge in [-0.1, -0.05) is 57.4 Å². The Kier molecular flexibility index (Phi) is 14.1. The van der Waals surface area contributed by atoms with E-state index >= 15 is 0 Å². The maximum atomic E-state index is 13.7. The Morgan fingerprint density at radius 1 is 1.21 bits per heavy atom. The van der Waals surface area contributed by atoms with Gasteiger partial charge in [-0.25, -0.2) is 9.78 Å². The van der Waals surface area contributed by atoms with E-state index in [0.717, 1.165) is 17.8 Å². The van der Waals surface area contributed by atoms with Crippen molar-refractivity contribution >= 4 is 62.8 Å². The quantitative estimate of drug-likeness (QED) is 0.181. The Morgan fingerprint density at radius 2 is 2.00 bits per heavy atom. The number of carbonyl (C=O) groups is 4. The summed E-state index contributed by atoms with van der Waals surface area (Å²) in [5.74, 6) is 0.00838. The zero-order chi connectivity index (χ0) is 30.5. The fraction of sp³-hybridized carbons (Fsp3) is 0.667. The summed E-state index contributed by atoms with van der Waals surface area (Å²) in [6, 6.07) is -0.846. The van der Waals surface area contributed by atoms with Crippen molar-refractivity contribution in [3.63, 3.8) is 0 Å². The van der Waals surface area contributed by atoms with Gasteiger partial charge in [0.1, 0.15) is 33.4 Å². The summed E-state index contributed by atoms with van der Waals surface area (Å²) >= 11 is 4.22. The minimum Gasteiger partial charge on any atom is -0.456 e. The number of rotatable bonds is 12. The number of aromatic nitrogens is 1. The van der Waals surface area contributed by atoms with Crippen LogP contribution in [-0.2, 0) is 30.5 Å². The highest BCUT2D eigenvalue weighted by atomic mass is 32.2. The van der Waals surface area contributed by atoms with Crippen LogP contribution in [0.4, 0.5) is 0 Å². The Labute approximate surface area is 262 Å². The summed E-state index contributed by atoms with van der Waals surface area (Å²) in [7, 11) is 0. The summed E-state index contributed by atoms with van der Waals surface area (Å²) in [5, 5.41) is 6.38. The second-order valence-electron chi connectivity index (χ2n) is 10.8. The van der Waals surface area contributed by atoms with E-state index in [-0.39, 0.29) is 29.9 Å². The maximum absolute atomic E-state index is 13.7. The minimum atomic E-state index is -1.01. The molecular formula is C30H44N4O5S3. The fourth-order valence-electron chi connectivity index (χ4n) is 4.64. The number of fused-ring (bicyclic) bond motifs is 4. The molecule has 9 nitrogen and oxygen atoms in total. The lowest BCUT2D eigenvalue weighted by Crippen LogP contribution is -2.53. The molecule has 0 saturated carbocycles. The summed E-state index contributed by atoms with van der Waals surface area (Å²) in [6.07, 6.45) is 10.1. The predicted octanol–water partition coefficient (Wildman–Crippen LogP) is 5.52. The van der Waals surface area contributed by atoms with Crippen LogP contribution in [0.15, 0.2) is 22.5 Å². The lowest BCUT2D eigenvalue weighted by Gasteiger charge is -2.33. The van der Waals surface area contributed by atoms with Gasteiger partial charge in [0, 0.05) is 29.9 Å². The van der Waals surface area contributed by atoms with Crippen molar-refractivity contribution in [3.05, 3.63) is 28.2 Å². The lowest BCUT2D eigenvalue weighted by atomic mass is 10.0. The van der Waals surface area contributed by atoms with Gasteiger partial charge in [0.2, 0.25) is 5.91 Å². The molecule has 0 radical (unpaired) electrons. The number of allylic oxidation sites excluding steroid dienone is 1. The van der Waals surface area contributed by atoms with E-state index in [0.29, 0.717) is 48.1 Å².